The number of anilines is 2. The summed E-state index contributed by atoms with van der Waals surface area (Å²) in [6.45, 7) is 1.70. The van der Waals surface area contributed by atoms with Crippen LogP contribution >= 0.6 is 11.3 Å². The topological polar surface area (TPSA) is 71.2 Å². The van der Waals surface area contributed by atoms with Crippen LogP contribution in [0.4, 0.5) is 10.8 Å². The van der Waals surface area contributed by atoms with Crippen LogP contribution in [-0.2, 0) is 17.9 Å². The van der Waals surface area contributed by atoms with Crippen LogP contribution < -0.4 is 11.1 Å². The first kappa shape index (κ1) is 20.8. The van der Waals surface area contributed by atoms with Gasteiger partial charge in [-0.15, -0.1) is 11.3 Å². The molecule has 0 aliphatic heterocycles. The number of rotatable bonds is 8. The molecule has 0 saturated carbocycles. The fraction of sp³-hybridized carbons (Fsp3) is 0.120. The first-order valence-corrected chi connectivity index (χ1v) is 11.0. The predicted molar refractivity (Wildman–Crippen MR) is 128 cm³/mol. The van der Waals surface area contributed by atoms with Crippen molar-refractivity contribution >= 4 is 28.1 Å². The maximum atomic E-state index is 12.8. The van der Waals surface area contributed by atoms with Crippen LogP contribution in [0.2, 0.25) is 0 Å². The van der Waals surface area contributed by atoms with Gasteiger partial charge in [-0.25, -0.2) is 4.98 Å². The molecule has 156 valence electrons. The van der Waals surface area contributed by atoms with E-state index >= 15 is 0 Å². The number of nitrogens with zero attached hydrogens (tertiary/aromatic N) is 2. The number of carbonyl (C=O) groups excluding carboxylic acids is 1. The molecule has 4 rings (SSSR count). The lowest BCUT2D eigenvalue weighted by Gasteiger charge is -2.22. The minimum Gasteiger partial charge on any atom is -0.375 e. The van der Waals surface area contributed by atoms with Gasteiger partial charge in [-0.3, -0.25) is 9.69 Å². The largest absolute Gasteiger partial charge is 0.375 e. The van der Waals surface area contributed by atoms with Gasteiger partial charge in [0.15, 0.2) is 5.13 Å². The van der Waals surface area contributed by atoms with Crippen molar-refractivity contribution in [2.45, 2.75) is 13.1 Å². The van der Waals surface area contributed by atoms with E-state index in [1.165, 1.54) is 22.5 Å². The summed E-state index contributed by atoms with van der Waals surface area (Å²) in [5, 5.41) is 5.47. The van der Waals surface area contributed by atoms with Crippen LogP contribution in [-0.4, -0.2) is 22.3 Å². The summed E-state index contributed by atoms with van der Waals surface area (Å²) < 4.78 is 0. The summed E-state index contributed by atoms with van der Waals surface area (Å²) in [5.74, 6) is -0.0440. The third-order valence-corrected chi connectivity index (χ3v) is 5.53. The van der Waals surface area contributed by atoms with Crippen molar-refractivity contribution in [2.24, 2.45) is 0 Å². The molecule has 0 aliphatic carbocycles. The average Bonchev–Trinajstić information content (AvgIpc) is 3.22. The highest BCUT2D eigenvalue weighted by Crippen LogP contribution is 2.24. The molecule has 1 aromatic heterocycles. The number of carbonyl (C=O) groups is 1. The maximum absolute atomic E-state index is 12.8. The molecule has 1 amide bonds. The number of aromatic nitrogens is 1. The molecule has 6 heteroatoms. The first-order valence-electron chi connectivity index (χ1n) is 10.1. The number of hydrogen-bond donors (Lipinski definition) is 2. The molecule has 3 N–H and O–H groups in total. The summed E-state index contributed by atoms with van der Waals surface area (Å²) in [6.07, 6.45) is 0. The van der Waals surface area contributed by atoms with Crippen LogP contribution in [0.1, 0.15) is 11.1 Å². The Labute approximate surface area is 186 Å². The molecule has 3 aromatic carbocycles. The lowest BCUT2D eigenvalue weighted by molar-refractivity contribution is -0.117. The number of amides is 1. The SMILES string of the molecule is Nc1nc(-c2ccc(NC(=O)CN(Cc3ccccc3)Cc3ccccc3)cc2)cs1. The molecule has 0 spiro atoms. The Balaban J connectivity index is 1.41. The number of thiazole rings is 1. The number of hydrogen-bond acceptors (Lipinski definition) is 5. The highest BCUT2D eigenvalue weighted by molar-refractivity contribution is 7.13. The van der Waals surface area contributed by atoms with E-state index in [0.717, 1.165) is 16.9 Å². The van der Waals surface area contributed by atoms with Crippen molar-refractivity contribution in [3.8, 4) is 11.3 Å². The van der Waals surface area contributed by atoms with Gasteiger partial charge in [0.2, 0.25) is 5.91 Å². The summed E-state index contributed by atoms with van der Waals surface area (Å²) in [4.78, 5) is 19.2. The third-order valence-electron chi connectivity index (χ3n) is 4.85. The zero-order chi connectivity index (χ0) is 21.5. The van der Waals surface area contributed by atoms with Crippen molar-refractivity contribution in [1.82, 2.24) is 9.88 Å². The minimum atomic E-state index is -0.0440. The van der Waals surface area contributed by atoms with Crippen molar-refractivity contribution in [2.75, 3.05) is 17.6 Å². The smallest absolute Gasteiger partial charge is 0.238 e. The van der Waals surface area contributed by atoms with E-state index in [4.69, 9.17) is 5.73 Å². The van der Waals surface area contributed by atoms with E-state index in [-0.39, 0.29) is 5.91 Å². The molecule has 0 radical (unpaired) electrons. The lowest BCUT2D eigenvalue weighted by Crippen LogP contribution is -2.32. The van der Waals surface area contributed by atoms with Gasteiger partial charge in [-0.2, -0.15) is 0 Å². The van der Waals surface area contributed by atoms with Crippen LogP contribution in [0, 0.1) is 0 Å². The normalized spacial score (nSPS) is 10.9. The molecule has 4 aromatic rings. The molecular weight excluding hydrogens is 404 g/mol. The Kier molecular flexibility index (Phi) is 6.72. The van der Waals surface area contributed by atoms with Crippen LogP contribution in [0.15, 0.2) is 90.3 Å². The highest BCUT2D eigenvalue weighted by Gasteiger charge is 2.13. The van der Waals surface area contributed by atoms with Gasteiger partial charge in [-0.05, 0) is 23.3 Å². The minimum absolute atomic E-state index is 0.0440. The number of benzene rings is 3. The lowest BCUT2D eigenvalue weighted by atomic mass is 10.1. The average molecular weight is 429 g/mol. The van der Waals surface area contributed by atoms with Gasteiger partial charge < -0.3 is 11.1 Å². The van der Waals surface area contributed by atoms with Crippen LogP contribution in [0.3, 0.4) is 0 Å². The van der Waals surface area contributed by atoms with Gasteiger partial charge in [0.1, 0.15) is 0 Å². The van der Waals surface area contributed by atoms with Gasteiger partial charge in [0.05, 0.1) is 12.2 Å². The second kappa shape index (κ2) is 10.0. The van der Waals surface area contributed by atoms with Crippen molar-refractivity contribution in [1.29, 1.82) is 0 Å². The molecular formula is C25H24N4OS. The number of nitrogens with two attached hydrogens (primary N) is 1. The Morgan fingerprint density at radius 1 is 0.871 bits per heavy atom. The summed E-state index contributed by atoms with van der Waals surface area (Å²) >= 11 is 1.41. The quantitative estimate of drug-likeness (QED) is 0.413. The van der Waals surface area contributed by atoms with E-state index in [1.54, 1.807) is 0 Å². The molecule has 0 atom stereocenters. The number of nitrogen functional groups attached to an aromatic ring is 1. The summed E-state index contributed by atoms with van der Waals surface area (Å²) in [5.41, 5.74) is 10.6. The standard InChI is InChI=1S/C25H24N4OS/c26-25-28-23(18-31-25)21-11-13-22(14-12-21)27-24(30)17-29(15-19-7-3-1-4-8-19)16-20-9-5-2-6-10-20/h1-14,18H,15-17H2,(H2,26,28)(H,27,30). The fourth-order valence-corrected chi connectivity index (χ4v) is 3.97. The van der Waals surface area contributed by atoms with Crippen molar-refractivity contribution in [3.05, 3.63) is 101 Å². The second-order valence-electron chi connectivity index (χ2n) is 7.31. The zero-order valence-corrected chi connectivity index (χ0v) is 17.9. The molecule has 0 bridgehead atoms. The summed E-state index contributed by atoms with van der Waals surface area (Å²) in [7, 11) is 0. The Hall–Kier alpha value is -3.48. The molecule has 0 aliphatic rings. The molecule has 0 saturated heterocycles. The first-order chi connectivity index (χ1) is 15.2. The van der Waals surface area contributed by atoms with Crippen LogP contribution in [0.5, 0.6) is 0 Å². The summed E-state index contributed by atoms with van der Waals surface area (Å²) in [6, 6.07) is 28.1. The van der Waals surface area contributed by atoms with E-state index in [2.05, 4.69) is 39.5 Å². The van der Waals surface area contributed by atoms with E-state index < -0.39 is 0 Å². The zero-order valence-electron chi connectivity index (χ0n) is 17.1. The Morgan fingerprint density at radius 3 is 1.97 bits per heavy atom. The molecule has 1 heterocycles. The highest BCUT2D eigenvalue weighted by atomic mass is 32.1. The monoisotopic (exact) mass is 428 g/mol. The second-order valence-corrected chi connectivity index (χ2v) is 8.20. The van der Waals surface area contributed by atoms with Crippen molar-refractivity contribution < 1.29 is 4.79 Å². The van der Waals surface area contributed by atoms with Gasteiger partial charge in [-0.1, -0.05) is 72.8 Å². The molecule has 0 fully saturated rings. The van der Waals surface area contributed by atoms with Gasteiger partial charge >= 0.3 is 0 Å². The van der Waals surface area contributed by atoms with E-state index in [9.17, 15) is 4.79 Å². The maximum Gasteiger partial charge on any atom is 0.238 e. The third kappa shape index (κ3) is 6.01. The molecule has 5 nitrogen and oxygen atoms in total. The van der Waals surface area contributed by atoms with E-state index in [1.807, 2.05) is 66.0 Å². The Bertz CT molecular complexity index is 1070. The van der Waals surface area contributed by atoms with Crippen LogP contribution in [0.25, 0.3) is 11.3 Å². The fourth-order valence-electron chi connectivity index (χ4n) is 3.40. The molecule has 0 unspecified atom stereocenters. The van der Waals surface area contributed by atoms with E-state index in [0.29, 0.717) is 24.8 Å². The predicted octanol–water partition coefficient (Wildman–Crippen LogP) is 5.03. The van der Waals surface area contributed by atoms with Gasteiger partial charge in [0, 0.05) is 29.7 Å². The Morgan fingerprint density at radius 2 is 1.45 bits per heavy atom. The van der Waals surface area contributed by atoms with Crippen molar-refractivity contribution in [3.63, 3.8) is 0 Å². The van der Waals surface area contributed by atoms with Gasteiger partial charge in [0.25, 0.3) is 0 Å². The number of nitrogens with one attached hydrogen (secondary N) is 1. The molecule has 31 heavy (non-hydrogen) atoms.